The van der Waals surface area contributed by atoms with Gasteiger partial charge in [-0.25, -0.2) is 18.7 Å². The van der Waals surface area contributed by atoms with Gasteiger partial charge in [-0.3, -0.25) is 4.79 Å². The van der Waals surface area contributed by atoms with Gasteiger partial charge in [0.1, 0.15) is 5.82 Å². The van der Waals surface area contributed by atoms with E-state index in [1.54, 1.807) is 13.8 Å². The number of fused-ring (bicyclic) bond motifs is 1. The second-order valence-corrected chi connectivity index (χ2v) is 8.45. The zero-order valence-electron chi connectivity index (χ0n) is 16.3. The van der Waals surface area contributed by atoms with Crippen LogP contribution in [0, 0.1) is 32.4 Å². The summed E-state index contributed by atoms with van der Waals surface area (Å²) in [6, 6.07) is 5.91. The molecule has 2 atom stereocenters. The minimum Gasteiger partial charge on any atom is -0.309 e. The normalized spacial score (nSPS) is 18.9. The van der Waals surface area contributed by atoms with Crippen LogP contribution in [0.2, 0.25) is 0 Å². The number of hydrogen-bond acceptors (Lipinski definition) is 5. The predicted octanol–water partition coefficient (Wildman–Crippen LogP) is 4.03. The Morgan fingerprint density at radius 2 is 1.83 bits per heavy atom. The summed E-state index contributed by atoms with van der Waals surface area (Å²) in [5, 5.41) is 6.30. The van der Waals surface area contributed by atoms with Crippen molar-refractivity contribution in [1.82, 2.24) is 19.7 Å². The number of anilines is 1. The monoisotopic (exact) mass is 415 g/mol. The fourth-order valence-corrected chi connectivity index (χ4v) is 4.76. The number of thioether (sulfide) groups is 1. The molecule has 0 saturated heterocycles. The van der Waals surface area contributed by atoms with Crippen molar-refractivity contribution in [2.24, 2.45) is 0 Å². The molecule has 1 aliphatic heterocycles. The Labute approximate surface area is 170 Å². The lowest BCUT2D eigenvalue weighted by Crippen LogP contribution is -2.23. The van der Waals surface area contributed by atoms with Crippen LogP contribution in [0.4, 0.5) is 14.6 Å². The molecule has 0 bridgehead atoms. The van der Waals surface area contributed by atoms with Crippen molar-refractivity contribution in [2.45, 2.75) is 38.2 Å². The molecule has 0 fully saturated rings. The number of nitrogens with zero attached hydrogens (tertiary/aromatic N) is 4. The highest BCUT2D eigenvalue weighted by molar-refractivity contribution is 8.01. The maximum atomic E-state index is 14.7. The fourth-order valence-electron chi connectivity index (χ4n) is 3.42. The standard InChI is InChI=1S/C20H19F2N5OS/c1-9-8-10(2)24-20(23-9)27-18-15(11(3)26-27)17(29-12(4)19(28)25-18)13-6-5-7-14(21)16(13)22/h5-8,12,17H,1-4H3,(H,25,28). The summed E-state index contributed by atoms with van der Waals surface area (Å²) >= 11 is 1.25. The molecule has 0 saturated carbocycles. The van der Waals surface area contributed by atoms with Crippen molar-refractivity contribution in [3.63, 3.8) is 0 Å². The van der Waals surface area contributed by atoms with Crippen LogP contribution >= 0.6 is 11.8 Å². The van der Waals surface area contributed by atoms with Crippen molar-refractivity contribution in [1.29, 1.82) is 0 Å². The molecule has 6 nitrogen and oxygen atoms in total. The predicted molar refractivity (Wildman–Crippen MR) is 107 cm³/mol. The first-order valence-electron chi connectivity index (χ1n) is 9.08. The third-order valence-corrected chi connectivity index (χ3v) is 6.13. The molecule has 2 unspecified atom stereocenters. The van der Waals surface area contributed by atoms with Crippen LogP contribution in [-0.2, 0) is 4.79 Å². The second-order valence-electron chi connectivity index (χ2n) is 7.00. The van der Waals surface area contributed by atoms with Gasteiger partial charge < -0.3 is 5.32 Å². The van der Waals surface area contributed by atoms with Crippen LogP contribution in [0.3, 0.4) is 0 Å². The molecule has 29 heavy (non-hydrogen) atoms. The number of aromatic nitrogens is 4. The third-order valence-electron chi connectivity index (χ3n) is 4.74. The summed E-state index contributed by atoms with van der Waals surface area (Å²) in [5.74, 6) is -1.41. The molecule has 0 spiro atoms. The number of carbonyl (C=O) groups excluding carboxylic acids is 1. The minimum absolute atomic E-state index is 0.170. The summed E-state index contributed by atoms with van der Waals surface area (Å²) in [5.41, 5.74) is 2.87. The maximum absolute atomic E-state index is 14.7. The Balaban J connectivity index is 1.96. The van der Waals surface area contributed by atoms with E-state index < -0.39 is 22.1 Å². The summed E-state index contributed by atoms with van der Waals surface area (Å²) in [6.07, 6.45) is 0. The first kappa shape index (κ1) is 19.5. The van der Waals surface area contributed by atoms with E-state index >= 15 is 0 Å². The molecule has 1 aliphatic rings. The van der Waals surface area contributed by atoms with Crippen LogP contribution in [0.1, 0.15) is 40.4 Å². The number of hydrogen-bond donors (Lipinski definition) is 1. The number of halogens is 2. The molecule has 9 heteroatoms. The summed E-state index contributed by atoms with van der Waals surface area (Å²) in [4.78, 5) is 21.5. The van der Waals surface area contributed by atoms with Crippen molar-refractivity contribution >= 4 is 23.5 Å². The molecule has 2 aromatic heterocycles. The van der Waals surface area contributed by atoms with E-state index in [1.165, 1.54) is 28.6 Å². The lowest BCUT2D eigenvalue weighted by Gasteiger charge is -2.18. The Bertz CT molecular complexity index is 1110. The number of aryl methyl sites for hydroxylation is 3. The van der Waals surface area contributed by atoms with Crippen LogP contribution in [-0.4, -0.2) is 30.9 Å². The average molecular weight is 415 g/mol. The highest BCUT2D eigenvalue weighted by Gasteiger charge is 2.36. The van der Waals surface area contributed by atoms with Gasteiger partial charge in [-0.2, -0.15) is 9.78 Å². The van der Waals surface area contributed by atoms with Gasteiger partial charge in [-0.15, -0.1) is 11.8 Å². The SMILES string of the molecule is Cc1cc(C)nc(-n2nc(C)c3c2NC(=O)C(C)SC3c2cccc(F)c2F)n1. The Morgan fingerprint density at radius 1 is 1.14 bits per heavy atom. The third kappa shape index (κ3) is 3.39. The van der Waals surface area contributed by atoms with E-state index in [0.29, 0.717) is 23.0 Å². The van der Waals surface area contributed by atoms with Gasteiger partial charge in [0, 0.05) is 22.5 Å². The summed E-state index contributed by atoms with van der Waals surface area (Å²) in [6.45, 7) is 7.19. The molecule has 1 amide bonds. The topological polar surface area (TPSA) is 72.7 Å². The fraction of sp³-hybridized carbons (Fsp3) is 0.300. The zero-order chi connectivity index (χ0) is 20.9. The van der Waals surface area contributed by atoms with Gasteiger partial charge in [0.25, 0.3) is 5.95 Å². The molecule has 0 radical (unpaired) electrons. The summed E-state index contributed by atoms with van der Waals surface area (Å²) < 4.78 is 30.1. The minimum atomic E-state index is -0.927. The van der Waals surface area contributed by atoms with Crippen molar-refractivity contribution in [3.8, 4) is 5.95 Å². The number of nitrogens with one attached hydrogen (secondary N) is 1. The lowest BCUT2D eigenvalue weighted by molar-refractivity contribution is -0.115. The van der Waals surface area contributed by atoms with Gasteiger partial charge in [0.15, 0.2) is 11.6 Å². The van der Waals surface area contributed by atoms with E-state index in [0.717, 1.165) is 17.5 Å². The first-order valence-corrected chi connectivity index (χ1v) is 10.0. The molecule has 1 N–H and O–H groups in total. The van der Waals surface area contributed by atoms with E-state index in [4.69, 9.17) is 0 Å². The maximum Gasteiger partial charge on any atom is 0.252 e. The van der Waals surface area contributed by atoms with Gasteiger partial charge in [-0.05, 0) is 39.8 Å². The van der Waals surface area contributed by atoms with Gasteiger partial charge in [-0.1, -0.05) is 12.1 Å². The van der Waals surface area contributed by atoms with Crippen LogP contribution < -0.4 is 5.32 Å². The highest BCUT2D eigenvalue weighted by Crippen LogP contribution is 2.46. The van der Waals surface area contributed by atoms with E-state index in [2.05, 4.69) is 20.4 Å². The zero-order valence-corrected chi connectivity index (χ0v) is 17.1. The molecule has 4 rings (SSSR count). The van der Waals surface area contributed by atoms with Gasteiger partial charge >= 0.3 is 0 Å². The largest absolute Gasteiger partial charge is 0.309 e. The Kier molecular flexibility index (Phi) is 4.85. The number of benzene rings is 1. The van der Waals surface area contributed by atoms with E-state index in [1.807, 2.05) is 19.9 Å². The highest BCUT2D eigenvalue weighted by atomic mass is 32.2. The molecular formula is C20H19F2N5OS. The van der Waals surface area contributed by atoms with Crippen molar-refractivity contribution in [3.05, 3.63) is 64.1 Å². The number of amides is 1. The van der Waals surface area contributed by atoms with Crippen molar-refractivity contribution < 1.29 is 13.6 Å². The molecule has 150 valence electrons. The number of carbonyl (C=O) groups is 1. The lowest BCUT2D eigenvalue weighted by atomic mass is 10.0. The molecular weight excluding hydrogens is 396 g/mol. The average Bonchev–Trinajstić information content (AvgIpc) is 2.90. The van der Waals surface area contributed by atoms with Gasteiger partial charge in [0.05, 0.1) is 16.2 Å². The van der Waals surface area contributed by atoms with Crippen molar-refractivity contribution in [2.75, 3.05) is 5.32 Å². The quantitative estimate of drug-likeness (QED) is 0.684. The van der Waals surface area contributed by atoms with Crippen LogP contribution in [0.25, 0.3) is 5.95 Å². The smallest absolute Gasteiger partial charge is 0.252 e. The molecule has 1 aromatic carbocycles. The Hall–Kier alpha value is -2.81. The van der Waals surface area contributed by atoms with Crippen LogP contribution in [0.15, 0.2) is 24.3 Å². The molecule has 3 aromatic rings. The Morgan fingerprint density at radius 3 is 2.52 bits per heavy atom. The van der Waals surface area contributed by atoms with E-state index in [-0.39, 0.29) is 11.5 Å². The number of rotatable bonds is 2. The van der Waals surface area contributed by atoms with Crippen LogP contribution in [0.5, 0.6) is 0 Å². The first-order chi connectivity index (χ1) is 13.8. The summed E-state index contributed by atoms with van der Waals surface area (Å²) in [7, 11) is 0. The molecule has 3 heterocycles. The van der Waals surface area contributed by atoms with Gasteiger partial charge in [0.2, 0.25) is 5.91 Å². The van der Waals surface area contributed by atoms with E-state index in [9.17, 15) is 13.6 Å². The molecule has 0 aliphatic carbocycles. The second kappa shape index (κ2) is 7.22.